The third kappa shape index (κ3) is 4.06. The van der Waals surface area contributed by atoms with Crippen LogP contribution in [0.25, 0.3) is 33.5 Å². The molecule has 10 nitrogen and oxygen atoms in total. The predicted octanol–water partition coefficient (Wildman–Crippen LogP) is 3.30. The number of H-pyrrole nitrogens is 1. The number of hydrogen-bond donors (Lipinski definition) is 4. The van der Waals surface area contributed by atoms with Crippen LogP contribution in [0, 0.1) is 12.3 Å². The van der Waals surface area contributed by atoms with Gasteiger partial charge in [0.25, 0.3) is 5.91 Å². The Morgan fingerprint density at radius 1 is 1.26 bits per heavy atom. The zero-order chi connectivity index (χ0) is 24.7. The molecule has 0 unspecified atom stereocenters. The van der Waals surface area contributed by atoms with Crippen molar-refractivity contribution in [3.63, 3.8) is 0 Å². The van der Waals surface area contributed by atoms with Crippen molar-refractivity contribution in [1.29, 1.82) is 0 Å². The first-order chi connectivity index (χ1) is 16.8. The largest absolute Gasteiger partial charge is 0.395 e. The molecule has 180 valence electrons. The molecule has 1 aliphatic heterocycles. The van der Waals surface area contributed by atoms with Crippen molar-refractivity contribution in [2.45, 2.75) is 33.2 Å². The molecule has 0 aliphatic carbocycles. The summed E-state index contributed by atoms with van der Waals surface area (Å²) in [5, 5.41) is 11.5. The van der Waals surface area contributed by atoms with Crippen LogP contribution in [-0.4, -0.2) is 50.3 Å². The average Bonchev–Trinajstić information content (AvgIpc) is 3.30. The highest BCUT2D eigenvalue weighted by Gasteiger charge is 2.34. The molecule has 0 radical (unpaired) electrons. The second-order valence-corrected chi connectivity index (χ2v) is 9.54. The summed E-state index contributed by atoms with van der Waals surface area (Å²) in [7, 11) is 0. The highest BCUT2D eigenvalue weighted by atomic mass is 16.5. The number of nitrogens with zero attached hydrogens (tertiary/aromatic N) is 4. The van der Waals surface area contributed by atoms with Gasteiger partial charge >= 0.3 is 0 Å². The molecule has 3 aromatic heterocycles. The van der Waals surface area contributed by atoms with Crippen LogP contribution >= 0.6 is 0 Å². The van der Waals surface area contributed by atoms with Gasteiger partial charge in [-0.3, -0.25) is 9.89 Å². The molecule has 1 amide bonds. The Labute approximate surface area is 202 Å². The fraction of sp³-hybridized carbons (Fsp3) is 0.320. The molecule has 0 bridgehead atoms. The third-order valence-corrected chi connectivity index (χ3v) is 6.58. The number of aromatic amines is 1. The number of anilines is 2. The lowest BCUT2D eigenvalue weighted by Crippen LogP contribution is -2.44. The predicted molar refractivity (Wildman–Crippen MR) is 135 cm³/mol. The lowest BCUT2D eigenvalue weighted by atomic mass is 9.82. The van der Waals surface area contributed by atoms with Crippen LogP contribution in [-0.2, 0) is 4.74 Å². The van der Waals surface area contributed by atoms with Crippen LogP contribution in [0.3, 0.4) is 0 Å². The zero-order valence-corrected chi connectivity index (χ0v) is 19.9. The Morgan fingerprint density at radius 2 is 2.09 bits per heavy atom. The fourth-order valence-electron chi connectivity index (χ4n) is 4.57. The van der Waals surface area contributed by atoms with Crippen molar-refractivity contribution >= 4 is 28.3 Å². The van der Waals surface area contributed by atoms with Gasteiger partial charge in [0, 0.05) is 35.2 Å². The van der Waals surface area contributed by atoms with Gasteiger partial charge in [-0.1, -0.05) is 19.9 Å². The molecule has 1 fully saturated rings. The number of ether oxygens (including phenoxy) is 1. The molecule has 5 rings (SSSR count). The van der Waals surface area contributed by atoms with Crippen molar-refractivity contribution in [2.24, 2.45) is 11.1 Å². The van der Waals surface area contributed by atoms with E-state index in [2.05, 4.69) is 39.3 Å². The molecule has 6 N–H and O–H groups in total. The number of nitrogens with two attached hydrogens (primary N) is 2. The molecule has 4 aromatic rings. The molecular formula is C25H28N8O2. The lowest BCUT2D eigenvalue weighted by molar-refractivity contribution is 0.00339. The second kappa shape index (κ2) is 8.62. The topological polar surface area (TPSA) is 158 Å². The standard InChI is InChI=1S/C25H28N8O2/c1-13-6-7-16-15(11-29-33-16)18(13)20-19(26)21(22(27)34)32-24(31-20)14-5-4-9-28-23(14)30-17-8-10-35-12-25(17,2)3/h4-7,9,11,17H,8,10,12,26H2,1-3H3,(H2,27,34)(H,28,30)(H,29,33)/t17-/m1/s1. The Kier molecular flexibility index (Phi) is 5.60. The van der Waals surface area contributed by atoms with Crippen molar-refractivity contribution in [1.82, 2.24) is 25.1 Å². The Balaban J connectivity index is 1.69. The van der Waals surface area contributed by atoms with Gasteiger partial charge in [0.2, 0.25) is 0 Å². The molecule has 35 heavy (non-hydrogen) atoms. The minimum atomic E-state index is -0.728. The SMILES string of the molecule is Cc1ccc2[nH]ncc2c1-c1nc(-c2cccnc2N[C@@H]2CCOCC2(C)C)nc(C(N)=O)c1N. The lowest BCUT2D eigenvalue weighted by Gasteiger charge is -2.39. The van der Waals surface area contributed by atoms with Gasteiger partial charge in [0.1, 0.15) is 5.82 Å². The summed E-state index contributed by atoms with van der Waals surface area (Å²) in [6.45, 7) is 7.59. The van der Waals surface area contributed by atoms with Crippen molar-refractivity contribution < 1.29 is 9.53 Å². The zero-order valence-electron chi connectivity index (χ0n) is 19.9. The van der Waals surface area contributed by atoms with Crippen molar-refractivity contribution in [2.75, 3.05) is 24.3 Å². The number of aryl methyl sites for hydroxylation is 1. The van der Waals surface area contributed by atoms with E-state index >= 15 is 0 Å². The maximum absolute atomic E-state index is 12.4. The van der Waals surface area contributed by atoms with Crippen LogP contribution < -0.4 is 16.8 Å². The molecular weight excluding hydrogens is 444 g/mol. The van der Waals surface area contributed by atoms with Gasteiger partial charge in [-0.2, -0.15) is 5.10 Å². The Hall–Kier alpha value is -4.05. The highest BCUT2D eigenvalue weighted by Crippen LogP contribution is 2.37. The summed E-state index contributed by atoms with van der Waals surface area (Å²) in [5.74, 6) is 0.202. The number of primary amides is 1. The van der Waals surface area contributed by atoms with E-state index < -0.39 is 5.91 Å². The monoisotopic (exact) mass is 472 g/mol. The molecule has 0 spiro atoms. The van der Waals surface area contributed by atoms with E-state index in [1.165, 1.54) is 0 Å². The van der Waals surface area contributed by atoms with Crippen LogP contribution in [0.15, 0.2) is 36.7 Å². The number of nitrogen functional groups attached to an aromatic ring is 1. The molecule has 1 aliphatic rings. The van der Waals surface area contributed by atoms with E-state index in [0.717, 1.165) is 28.5 Å². The molecule has 4 heterocycles. The number of hydrogen-bond acceptors (Lipinski definition) is 8. The maximum Gasteiger partial charge on any atom is 0.269 e. The van der Waals surface area contributed by atoms with Crippen molar-refractivity contribution in [3.8, 4) is 22.6 Å². The van der Waals surface area contributed by atoms with Gasteiger partial charge in [-0.25, -0.2) is 15.0 Å². The molecule has 1 saturated heterocycles. The van der Waals surface area contributed by atoms with E-state index in [9.17, 15) is 4.79 Å². The van der Waals surface area contributed by atoms with Crippen LogP contribution in [0.2, 0.25) is 0 Å². The van der Waals surface area contributed by atoms with Gasteiger partial charge in [0.15, 0.2) is 11.5 Å². The number of nitrogens with one attached hydrogen (secondary N) is 2. The van der Waals surface area contributed by atoms with E-state index in [0.29, 0.717) is 36.1 Å². The van der Waals surface area contributed by atoms with E-state index in [4.69, 9.17) is 21.2 Å². The molecule has 10 heteroatoms. The molecule has 0 saturated carbocycles. The minimum absolute atomic E-state index is 0.0360. The Morgan fingerprint density at radius 3 is 2.86 bits per heavy atom. The summed E-state index contributed by atoms with van der Waals surface area (Å²) in [5.41, 5.74) is 15.7. The number of carbonyl (C=O) groups excluding carboxylic acids is 1. The highest BCUT2D eigenvalue weighted by molar-refractivity contribution is 6.04. The van der Waals surface area contributed by atoms with Crippen molar-refractivity contribution in [3.05, 3.63) is 47.9 Å². The number of fused-ring (bicyclic) bond motifs is 1. The quantitative estimate of drug-likeness (QED) is 0.344. The third-order valence-electron chi connectivity index (χ3n) is 6.58. The maximum atomic E-state index is 12.4. The van der Waals surface area contributed by atoms with Crippen LogP contribution in [0.1, 0.15) is 36.3 Å². The summed E-state index contributed by atoms with van der Waals surface area (Å²) in [6.07, 6.45) is 4.26. The molecule has 1 atom stereocenters. The first-order valence-corrected chi connectivity index (χ1v) is 11.5. The average molecular weight is 473 g/mol. The Bertz CT molecular complexity index is 1430. The summed E-state index contributed by atoms with van der Waals surface area (Å²) >= 11 is 0. The second-order valence-electron chi connectivity index (χ2n) is 9.54. The first-order valence-electron chi connectivity index (χ1n) is 11.5. The number of pyridine rings is 1. The number of benzene rings is 1. The minimum Gasteiger partial charge on any atom is -0.395 e. The smallest absolute Gasteiger partial charge is 0.269 e. The number of aromatic nitrogens is 5. The number of rotatable bonds is 5. The summed E-state index contributed by atoms with van der Waals surface area (Å²) in [4.78, 5) is 26.3. The summed E-state index contributed by atoms with van der Waals surface area (Å²) < 4.78 is 5.67. The van der Waals surface area contributed by atoms with E-state index in [1.54, 1.807) is 18.5 Å². The van der Waals surface area contributed by atoms with Crippen LogP contribution in [0.4, 0.5) is 11.5 Å². The summed E-state index contributed by atoms with van der Waals surface area (Å²) in [6, 6.07) is 7.70. The van der Waals surface area contributed by atoms with E-state index in [-0.39, 0.29) is 22.8 Å². The fourth-order valence-corrected chi connectivity index (χ4v) is 4.57. The molecule has 1 aromatic carbocycles. The van der Waals surface area contributed by atoms with Gasteiger partial charge < -0.3 is 21.5 Å². The van der Waals surface area contributed by atoms with Gasteiger partial charge in [0.05, 0.1) is 35.3 Å². The van der Waals surface area contributed by atoms with Crippen LogP contribution in [0.5, 0.6) is 0 Å². The first kappa shape index (κ1) is 22.7. The normalized spacial score (nSPS) is 17.4. The van der Waals surface area contributed by atoms with Gasteiger partial charge in [-0.05, 0) is 37.1 Å². The number of amides is 1. The van der Waals surface area contributed by atoms with E-state index in [1.807, 2.05) is 25.1 Å². The number of carbonyl (C=O) groups is 1. The van der Waals surface area contributed by atoms with Gasteiger partial charge in [-0.15, -0.1) is 0 Å².